The molecule has 1 aromatic rings. The van der Waals surface area contributed by atoms with Crippen molar-refractivity contribution in [2.75, 3.05) is 13.1 Å². The number of hydrogen-bond acceptors (Lipinski definition) is 4. The molecule has 1 fully saturated rings. The first kappa shape index (κ1) is 17.5. The highest BCUT2D eigenvalue weighted by molar-refractivity contribution is 5.72. The first-order chi connectivity index (χ1) is 11.0. The SMILES string of the molecule is CCCCC(C(=O)O)n1cc(O)c(=O)cc1CN1CCCCC1. The van der Waals surface area contributed by atoms with Crippen LogP contribution < -0.4 is 5.43 Å². The Morgan fingerprint density at radius 3 is 2.61 bits per heavy atom. The number of carbonyl (C=O) groups is 1. The zero-order valence-electron chi connectivity index (χ0n) is 13.7. The first-order valence-corrected chi connectivity index (χ1v) is 8.42. The molecule has 2 N–H and O–H groups in total. The maximum absolute atomic E-state index is 11.8. The van der Waals surface area contributed by atoms with Crippen molar-refractivity contribution in [3.05, 3.63) is 28.2 Å². The van der Waals surface area contributed by atoms with Crippen LogP contribution in [0.2, 0.25) is 0 Å². The molecule has 0 aromatic carbocycles. The molecular formula is C17H26N2O4. The zero-order chi connectivity index (χ0) is 16.8. The van der Waals surface area contributed by atoms with E-state index in [9.17, 15) is 19.8 Å². The molecule has 1 unspecified atom stereocenters. The van der Waals surface area contributed by atoms with Crippen molar-refractivity contribution in [1.82, 2.24) is 9.47 Å². The number of unbranched alkanes of at least 4 members (excludes halogenated alkanes) is 1. The van der Waals surface area contributed by atoms with Crippen LogP contribution in [0, 0.1) is 0 Å². The summed E-state index contributed by atoms with van der Waals surface area (Å²) in [4.78, 5) is 25.7. The number of rotatable bonds is 7. The van der Waals surface area contributed by atoms with Crippen LogP contribution in [-0.4, -0.2) is 38.7 Å². The summed E-state index contributed by atoms with van der Waals surface area (Å²) in [5, 5.41) is 19.3. The summed E-state index contributed by atoms with van der Waals surface area (Å²) in [5.41, 5.74) is 0.214. The summed E-state index contributed by atoms with van der Waals surface area (Å²) in [6.45, 7) is 4.48. The van der Waals surface area contributed by atoms with Gasteiger partial charge in [0.05, 0.1) is 6.20 Å². The number of aliphatic carboxylic acids is 1. The summed E-state index contributed by atoms with van der Waals surface area (Å²) in [5.74, 6) is -1.32. The third kappa shape index (κ3) is 4.58. The summed E-state index contributed by atoms with van der Waals surface area (Å²) >= 11 is 0. The summed E-state index contributed by atoms with van der Waals surface area (Å²) in [7, 11) is 0. The van der Waals surface area contributed by atoms with E-state index >= 15 is 0 Å². The van der Waals surface area contributed by atoms with Gasteiger partial charge in [-0.15, -0.1) is 0 Å². The number of carboxylic acids is 1. The molecule has 1 aliphatic rings. The number of pyridine rings is 1. The Labute approximate surface area is 136 Å². The molecule has 0 aliphatic carbocycles. The van der Waals surface area contributed by atoms with Crippen molar-refractivity contribution in [2.45, 2.75) is 58.0 Å². The van der Waals surface area contributed by atoms with E-state index in [1.54, 1.807) is 4.57 Å². The van der Waals surface area contributed by atoms with Gasteiger partial charge in [0.15, 0.2) is 5.75 Å². The summed E-state index contributed by atoms with van der Waals surface area (Å²) < 4.78 is 1.57. The minimum atomic E-state index is -0.929. The van der Waals surface area contributed by atoms with Gasteiger partial charge in [0.25, 0.3) is 0 Å². The van der Waals surface area contributed by atoms with Gasteiger partial charge in [-0.05, 0) is 32.4 Å². The number of aromatic nitrogens is 1. The highest BCUT2D eigenvalue weighted by Gasteiger charge is 2.23. The van der Waals surface area contributed by atoms with E-state index in [0.29, 0.717) is 18.7 Å². The minimum Gasteiger partial charge on any atom is -0.503 e. The Morgan fingerprint density at radius 2 is 2.00 bits per heavy atom. The number of aromatic hydroxyl groups is 1. The molecule has 0 saturated carbocycles. The lowest BCUT2D eigenvalue weighted by molar-refractivity contribution is -0.141. The Balaban J connectivity index is 2.32. The van der Waals surface area contributed by atoms with Gasteiger partial charge in [0, 0.05) is 18.3 Å². The summed E-state index contributed by atoms with van der Waals surface area (Å²) in [6.07, 6.45) is 6.93. The number of piperidine rings is 1. The fraction of sp³-hybridized carbons (Fsp3) is 0.647. The quantitative estimate of drug-likeness (QED) is 0.805. The first-order valence-electron chi connectivity index (χ1n) is 8.42. The lowest BCUT2D eigenvalue weighted by atomic mass is 10.1. The van der Waals surface area contributed by atoms with Crippen molar-refractivity contribution in [3.63, 3.8) is 0 Å². The van der Waals surface area contributed by atoms with E-state index < -0.39 is 23.2 Å². The lowest BCUT2D eigenvalue weighted by Crippen LogP contribution is -2.32. The highest BCUT2D eigenvalue weighted by atomic mass is 16.4. The predicted octanol–water partition coefficient (Wildman–Crippen LogP) is 2.36. The van der Waals surface area contributed by atoms with E-state index in [1.165, 1.54) is 18.7 Å². The highest BCUT2D eigenvalue weighted by Crippen LogP contribution is 2.21. The number of nitrogens with zero attached hydrogens (tertiary/aromatic N) is 2. The largest absolute Gasteiger partial charge is 0.503 e. The molecule has 6 nitrogen and oxygen atoms in total. The maximum atomic E-state index is 11.8. The molecule has 0 radical (unpaired) electrons. The molecule has 23 heavy (non-hydrogen) atoms. The average molecular weight is 322 g/mol. The molecule has 1 aromatic heterocycles. The van der Waals surface area contributed by atoms with E-state index in [0.717, 1.165) is 38.8 Å². The van der Waals surface area contributed by atoms with Crippen molar-refractivity contribution >= 4 is 5.97 Å². The van der Waals surface area contributed by atoms with Crippen molar-refractivity contribution in [3.8, 4) is 5.75 Å². The molecular weight excluding hydrogens is 296 g/mol. The van der Waals surface area contributed by atoms with E-state index in [-0.39, 0.29) is 0 Å². The molecule has 0 bridgehead atoms. The Morgan fingerprint density at radius 1 is 1.30 bits per heavy atom. The second kappa shape index (κ2) is 8.15. The molecule has 0 amide bonds. The molecule has 1 aliphatic heterocycles. The number of likely N-dealkylation sites (tertiary alicyclic amines) is 1. The van der Waals surface area contributed by atoms with Gasteiger partial charge in [0.1, 0.15) is 6.04 Å². The molecule has 1 atom stereocenters. The monoisotopic (exact) mass is 322 g/mol. The average Bonchev–Trinajstić information content (AvgIpc) is 2.53. The van der Waals surface area contributed by atoms with Crippen LogP contribution in [0.5, 0.6) is 5.75 Å². The third-order valence-electron chi connectivity index (χ3n) is 4.43. The van der Waals surface area contributed by atoms with Gasteiger partial charge in [-0.2, -0.15) is 0 Å². The van der Waals surface area contributed by atoms with Crippen LogP contribution in [-0.2, 0) is 11.3 Å². The van der Waals surface area contributed by atoms with Gasteiger partial charge in [-0.1, -0.05) is 26.2 Å². The van der Waals surface area contributed by atoms with E-state index in [4.69, 9.17) is 0 Å². The van der Waals surface area contributed by atoms with E-state index in [2.05, 4.69) is 4.90 Å². The molecule has 128 valence electrons. The van der Waals surface area contributed by atoms with Crippen molar-refractivity contribution in [1.29, 1.82) is 0 Å². The van der Waals surface area contributed by atoms with Crippen LogP contribution in [0.15, 0.2) is 17.1 Å². The predicted molar refractivity (Wildman–Crippen MR) is 87.7 cm³/mol. The van der Waals surface area contributed by atoms with Gasteiger partial charge in [0.2, 0.25) is 5.43 Å². The third-order valence-corrected chi connectivity index (χ3v) is 4.43. The number of hydrogen-bond donors (Lipinski definition) is 2. The van der Waals surface area contributed by atoms with Crippen LogP contribution in [0.3, 0.4) is 0 Å². The fourth-order valence-corrected chi connectivity index (χ4v) is 3.12. The minimum absolute atomic E-state index is 0.393. The standard InChI is InChI=1S/C17H26N2O4/c1-2-3-7-14(17(22)23)19-12-16(21)15(20)10-13(19)11-18-8-5-4-6-9-18/h10,12,14,21H,2-9,11H2,1H3,(H,22,23). The van der Waals surface area contributed by atoms with Crippen molar-refractivity contribution in [2.24, 2.45) is 0 Å². The van der Waals surface area contributed by atoms with Crippen LogP contribution in [0.25, 0.3) is 0 Å². The number of carboxylic acid groups (broad SMARTS) is 1. The Hall–Kier alpha value is -1.82. The zero-order valence-corrected chi connectivity index (χ0v) is 13.7. The van der Waals surface area contributed by atoms with E-state index in [1.807, 2.05) is 6.92 Å². The Bertz CT molecular complexity index is 591. The molecule has 2 rings (SSSR count). The second-order valence-corrected chi connectivity index (χ2v) is 6.25. The lowest BCUT2D eigenvalue weighted by Gasteiger charge is -2.29. The fourth-order valence-electron chi connectivity index (χ4n) is 3.12. The van der Waals surface area contributed by atoms with Gasteiger partial charge in [-0.3, -0.25) is 9.69 Å². The Kier molecular flexibility index (Phi) is 6.21. The van der Waals surface area contributed by atoms with Crippen LogP contribution >= 0.6 is 0 Å². The second-order valence-electron chi connectivity index (χ2n) is 6.25. The van der Waals surface area contributed by atoms with Crippen molar-refractivity contribution < 1.29 is 15.0 Å². The molecule has 6 heteroatoms. The van der Waals surface area contributed by atoms with Gasteiger partial charge >= 0.3 is 5.97 Å². The normalized spacial score (nSPS) is 17.1. The van der Waals surface area contributed by atoms with Crippen LogP contribution in [0.4, 0.5) is 0 Å². The maximum Gasteiger partial charge on any atom is 0.326 e. The van der Waals surface area contributed by atoms with Crippen LogP contribution in [0.1, 0.15) is 57.2 Å². The smallest absolute Gasteiger partial charge is 0.326 e. The molecule has 1 saturated heterocycles. The molecule has 2 heterocycles. The van der Waals surface area contributed by atoms with Gasteiger partial charge < -0.3 is 14.8 Å². The summed E-state index contributed by atoms with van der Waals surface area (Å²) in [6, 6.07) is 0.632. The molecule has 0 spiro atoms. The van der Waals surface area contributed by atoms with Gasteiger partial charge in [-0.25, -0.2) is 4.79 Å². The topological polar surface area (TPSA) is 82.8 Å².